The summed E-state index contributed by atoms with van der Waals surface area (Å²) in [6.45, 7) is 0. The molecule has 80 valence electrons. The Morgan fingerprint density at radius 2 is 1.07 bits per heavy atom. The number of carbonyl (C=O) groups is 2. The molecule has 0 aromatic rings. The predicted octanol–water partition coefficient (Wildman–Crippen LogP) is -1.31. The van der Waals surface area contributed by atoms with Crippen LogP contribution in [0.25, 0.3) is 0 Å². The molecule has 0 unspecified atom stereocenters. The molecule has 2 aliphatic carbocycles. The van der Waals surface area contributed by atoms with Crippen LogP contribution in [0.5, 0.6) is 0 Å². The van der Waals surface area contributed by atoms with Crippen molar-refractivity contribution < 1.29 is 19.8 Å². The van der Waals surface area contributed by atoms with Gasteiger partial charge in [0.05, 0.1) is 0 Å². The van der Waals surface area contributed by atoms with E-state index in [2.05, 4.69) is 0 Å². The van der Waals surface area contributed by atoms with Crippen molar-refractivity contribution in [1.82, 2.24) is 0 Å². The second kappa shape index (κ2) is 7.73. The molecule has 0 bridgehead atoms. The predicted molar refractivity (Wildman–Crippen MR) is 50.5 cm³/mol. The Labute approximate surface area is 130 Å². The minimum absolute atomic E-state index is 0. The average Bonchev–Trinajstić information content (AvgIpc) is 1.74. The molecule has 0 aromatic heterocycles. The normalized spacial score (nSPS) is 19.7. The fraction of sp³-hybridized carbons (Fsp3) is 0.800. The van der Waals surface area contributed by atoms with Crippen LogP contribution in [0, 0.1) is 11.8 Å². The third-order valence-electron chi connectivity index (χ3n) is 2.88. The quantitative estimate of drug-likeness (QED) is 0.587. The zero-order valence-electron chi connectivity index (χ0n) is 8.74. The van der Waals surface area contributed by atoms with E-state index < -0.39 is 11.9 Å². The third kappa shape index (κ3) is 5.40. The van der Waals surface area contributed by atoms with Crippen LogP contribution in [0.1, 0.15) is 38.5 Å². The van der Waals surface area contributed by atoms with Crippen molar-refractivity contribution in [3.05, 3.63) is 0 Å². The Kier molecular flexibility index (Phi) is 7.99. The summed E-state index contributed by atoms with van der Waals surface area (Å²) in [4.78, 5) is 19.7. The van der Waals surface area contributed by atoms with Gasteiger partial charge in [0, 0.05) is 11.9 Å². The van der Waals surface area contributed by atoms with Gasteiger partial charge in [-0.25, -0.2) is 0 Å². The van der Waals surface area contributed by atoms with Gasteiger partial charge in [-0.15, -0.1) is 0 Å². The van der Waals surface area contributed by atoms with E-state index in [1.54, 1.807) is 0 Å². The summed E-state index contributed by atoms with van der Waals surface area (Å²) in [5.74, 6) is -1.96. The van der Waals surface area contributed by atoms with Gasteiger partial charge >= 0.3 is 48.9 Å². The molecule has 0 aliphatic heterocycles. The maximum atomic E-state index is 9.87. The van der Waals surface area contributed by atoms with Crippen molar-refractivity contribution in [2.45, 2.75) is 38.5 Å². The largest absolute Gasteiger partial charge is 2.00 e. The van der Waals surface area contributed by atoms with Crippen LogP contribution in [0.3, 0.4) is 0 Å². The van der Waals surface area contributed by atoms with E-state index in [1.165, 1.54) is 0 Å². The molecule has 0 heterocycles. The Balaban J connectivity index is 0.000000245. The molecule has 15 heavy (non-hydrogen) atoms. The SMILES string of the molecule is O=C([O-])C1CCC1.O=C([O-])C1CCC1.[Ba+2]. The third-order valence-corrected chi connectivity index (χ3v) is 2.88. The fourth-order valence-corrected chi connectivity index (χ4v) is 1.29. The maximum absolute atomic E-state index is 9.87. The van der Waals surface area contributed by atoms with Crippen LogP contribution < -0.4 is 10.2 Å². The molecule has 5 heteroatoms. The van der Waals surface area contributed by atoms with Gasteiger partial charge < -0.3 is 19.8 Å². The number of carboxylic acid groups (broad SMARTS) is 2. The van der Waals surface area contributed by atoms with Gasteiger partial charge in [0.25, 0.3) is 0 Å². The summed E-state index contributed by atoms with van der Waals surface area (Å²) in [7, 11) is 0. The summed E-state index contributed by atoms with van der Waals surface area (Å²) in [5.41, 5.74) is 0. The molecule has 0 amide bonds. The molecule has 2 fully saturated rings. The molecule has 2 aliphatic rings. The number of rotatable bonds is 2. The minimum Gasteiger partial charge on any atom is -0.550 e. The second-order valence-electron chi connectivity index (χ2n) is 3.89. The Morgan fingerprint density at radius 3 is 1.07 bits per heavy atom. The van der Waals surface area contributed by atoms with Crippen LogP contribution in [0.4, 0.5) is 0 Å². The molecular formula is C10H14BaO4. The van der Waals surface area contributed by atoms with Crippen LogP contribution in [-0.4, -0.2) is 60.8 Å². The molecule has 2 saturated carbocycles. The van der Waals surface area contributed by atoms with E-state index >= 15 is 0 Å². The van der Waals surface area contributed by atoms with E-state index in [9.17, 15) is 19.8 Å². The smallest absolute Gasteiger partial charge is 0.550 e. The number of carboxylic acids is 2. The molecule has 0 radical (unpaired) electrons. The van der Waals surface area contributed by atoms with Crippen molar-refractivity contribution >= 4 is 60.8 Å². The van der Waals surface area contributed by atoms with Crippen molar-refractivity contribution in [2.24, 2.45) is 11.8 Å². The number of hydrogen-bond acceptors (Lipinski definition) is 4. The van der Waals surface area contributed by atoms with Gasteiger partial charge in [0.2, 0.25) is 0 Å². The van der Waals surface area contributed by atoms with Gasteiger partial charge in [0.15, 0.2) is 0 Å². The average molecular weight is 336 g/mol. The van der Waals surface area contributed by atoms with E-state index in [0.29, 0.717) is 0 Å². The summed E-state index contributed by atoms with van der Waals surface area (Å²) in [6, 6.07) is 0. The maximum Gasteiger partial charge on any atom is 2.00 e. The van der Waals surface area contributed by atoms with Crippen LogP contribution in [0.15, 0.2) is 0 Å². The Hall–Kier alpha value is 0.511. The van der Waals surface area contributed by atoms with Crippen molar-refractivity contribution in [3.8, 4) is 0 Å². The molecule has 0 spiro atoms. The zero-order valence-corrected chi connectivity index (χ0v) is 13.2. The summed E-state index contributed by atoms with van der Waals surface area (Å²) >= 11 is 0. The molecular weight excluding hydrogens is 321 g/mol. The van der Waals surface area contributed by atoms with Crippen molar-refractivity contribution in [2.75, 3.05) is 0 Å². The first-order chi connectivity index (χ1) is 6.61. The molecule has 0 N–H and O–H groups in total. The summed E-state index contributed by atoms with van der Waals surface area (Å²) in [6.07, 6.45) is 5.48. The van der Waals surface area contributed by atoms with Crippen molar-refractivity contribution in [3.63, 3.8) is 0 Å². The van der Waals surface area contributed by atoms with Crippen LogP contribution in [-0.2, 0) is 9.59 Å². The monoisotopic (exact) mass is 336 g/mol. The first-order valence-corrected chi connectivity index (χ1v) is 5.03. The molecule has 0 atom stereocenters. The summed E-state index contributed by atoms with van der Waals surface area (Å²) < 4.78 is 0. The number of hydrogen-bond donors (Lipinski definition) is 0. The Morgan fingerprint density at radius 1 is 0.800 bits per heavy atom. The molecule has 0 saturated heterocycles. The molecule has 0 aromatic carbocycles. The van der Waals surface area contributed by atoms with E-state index in [4.69, 9.17) is 0 Å². The summed E-state index contributed by atoms with van der Waals surface area (Å²) in [5, 5.41) is 19.7. The van der Waals surface area contributed by atoms with E-state index in [1.807, 2.05) is 0 Å². The van der Waals surface area contributed by atoms with Gasteiger partial charge in [0.1, 0.15) is 0 Å². The van der Waals surface area contributed by atoms with Gasteiger partial charge in [-0.2, -0.15) is 0 Å². The van der Waals surface area contributed by atoms with E-state index in [0.717, 1.165) is 38.5 Å². The van der Waals surface area contributed by atoms with Gasteiger partial charge in [-0.3, -0.25) is 0 Å². The fourth-order valence-electron chi connectivity index (χ4n) is 1.29. The first kappa shape index (κ1) is 15.5. The standard InChI is InChI=1S/2C5H8O2.Ba/c2*6-5(7)4-2-1-3-4;/h2*4H,1-3H2,(H,6,7);/q;;+2/p-2. The van der Waals surface area contributed by atoms with E-state index in [-0.39, 0.29) is 60.7 Å². The van der Waals surface area contributed by atoms with Crippen LogP contribution >= 0.6 is 0 Å². The second-order valence-corrected chi connectivity index (χ2v) is 3.89. The number of aliphatic carboxylic acids is 2. The topological polar surface area (TPSA) is 80.3 Å². The Bertz CT molecular complexity index is 197. The van der Waals surface area contributed by atoms with Crippen LogP contribution in [0.2, 0.25) is 0 Å². The number of carbonyl (C=O) groups excluding carboxylic acids is 2. The van der Waals surface area contributed by atoms with Gasteiger partial charge in [-0.05, 0) is 37.5 Å². The molecule has 2 rings (SSSR count). The first-order valence-electron chi connectivity index (χ1n) is 5.03. The van der Waals surface area contributed by atoms with Gasteiger partial charge in [-0.1, -0.05) is 12.8 Å². The zero-order chi connectivity index (χ0) is 10.6. The minimum atomic E-state index is -0.869. The van der Waals surface area contributed by atoms with Crippen molar-refractivity contribution in [1.29, 1.82) is 0 Å². The molecule has 4 nitrogen and oxygen atoms in total.